The van der Waals surface area contributed by atoms with Gasteiger partial charge in [-0.3, -0.25) is 9.69 Å². The van der Waals surface area contributed by atoms with Gasteiger partial charge in [0.2, 0.25) is 5.91 Å². The molecule has 0 saturated carbocycles. The third kappa shape index (κ3) is 4.87. The number of likely N-dealkylation sites (tertiary alicyclic amines) is 1. The zero-order valence-electron chi connectivity index (χ0n) is 15.6. The number of likely N-dealkylation sites (N-methyl/N-ethyl adjacent to an activating group) is 1. The molecule has 144 valence electrons. The zero-order valence-corrected chi connectivity index (χ0v) is 16.3. The number of halogens is 1. The molecule has 1 amide bonds. The maximum atomic E-state index is 12.7. The van der Waals surface area contributed by atoms with Crippen molar-refractivity contribution in [3.63, 3.8) is 0 Å². The van der Waals surface area contributed by atoms with Gasteiger partial charge in [-0.1, -0.05) is 11.6 Å². The molecule has 27 heavy (non-hydrogen) atoms. The summed E-state index contributed by atoms with van der Waals surface area (Å²) in [7, 11) is 3.61. The number of carbonyl (C=O) groups is 1. The zero-order chi connectivity index (χ0) is 19.4. The molecule has 1 aromatic carbocycles. The lowest BCUT2D eigenvalue weighted by Gasteiger charge is -2.24. The van der Waals surface area contributed by atoms with Gasteiger partial charge in [0.05, 0.1) is 20.1 Å². The van der Waals surface area contributed by atoms with Crippen LogP contribution in [0.25, 0.3) is 0 Å². The molecule has 0 bridgehead atoms. The van der Waals surface area contributed by atoms with Crippen molar-refractivity contribution in [2.75, 3.05) is 33.0 Å². The number of hydrogen-bond acceptors (Lipinski definition) is 6. The quantitative estimate of drug-likeness (QED) is 0.813. The van der Waals surface area contributed by atoms with Crippen LogP contribution in [0.2, 0.25) is 5.02 Å². The van der Waals surface area contributed by atoms with Crippen LogP contribution in [0.3, 0.4) is 0 Å². The summed E-state index contributed by atoms with van der Waals surface area (Å²) in [4.78, 5) is 25.3. The van der Waals surface area contributed by atoms with Gasteiger partial charge < -0.3 is 15.4 Å². The van der Waals surface area contributed by atoms with Gasteiger partial charge in [-0.25, -0.2) is 9.97 Å². The van der Waals surface area contributed by atoms with E-state index < -0.39 is 0 Å². The smallest absolute Gasteiger partial charge is 0.227 e. The Morgan fingerprint density at radius 2 is 2.26 bits per heavy atom. The molecule has 2 N–H and O–H groups in total. The highest BCUT2D eigenvalue weighted by Crippen LogP contribution is 2.25. The molecule has 0 radical (unpaired) electrons. The Kier molecular flexibility index (Phi) is 6.13. The van der Waals surface area contributed by atoms with Crippen molar-refractivity contribution >= 4 is 23.3 Å². The Morgan fingerprint density at radius 3 is 3.00 bits per heavy atom. The molecular weight excluding hydrogens is 366 g/mol. The van der Waals surface area contributed by atoms with E-state index in [1.807, 2.05) is 11.9 Å². The minimum atomic E-state index is 0.0756. The summed E-state index contributed by atoms with van der Waals surface area (Å²) >= 11 is 6.06. The van der Waals surface area contributed by atoms with Crippen molar-refractivity contribution in [2.45, 2.75) is 25.4 Å². The number of methoxy groups -OCH3 is 1. The summed E-state index contributed by atoms with van der Waals surface area (Å²) in [6.07, 6.45) is 2.85. The summed E-state index contributed by atoms with van der Waals surface area (Å²) < 4.78 is 5.34. The average Bonchev–Trinajstić information content (AvgIpc) is 3.12. The number of benzene rings is 1. The maximum absolute atomic E-state index is 12.7. The number of ether oxygens (including phenoxy) is 1. The summed E-state index contributed by atoms with van der Waals surface area (Å²) in [6.45, 7) is 2.01. The van der Waals surface area contributed by atoms with Gasteiger partial charge in [0.25, 0.3) is 0 Å². The topological polar surface area (TPSA) is 84.6 Å². The van der Waals surface area contributed by atoms with E-state index in [9.17, 15) is 4.79 Å². The second kappa shape index (κ2) is 8.54. The molecule has 2 aromatic rings. The molecule has 8 heteroatoms. The number of anilines is 1. The monoisotopic (exact) mass is 389 g/mol. The maximum Gasteiger partial charge on any atom is 0.227 e. The molecule has 2 heterocycles. The third-order valence-electron chi connectivity index (χ3n) is 4.84. The summed E-state index contributed by atoms with van der Waals surface area (Å²) in [5, 5.41) is 0.597. The predicted octanol–water partition coefficient (Wildman–Crippen LogP) is 2.00. The summed E-state index contributed by atoms with van der Waals surface area (Å²) in [5.41, 5.74) is 6.52. The van der Waals surface area contributed by atoms with Crippen LogP contribution >= 0.6 is 11.6 Å². The van der Waals surface area contributed by atoms with Crippen LogP contribution in [0.1, 0.15) is 17.8 Å². The highest BCUT2D eigenvalue weighted by Gasteiger charge is 2.29. The van der Waals surface area contributed by atoms with Crippen LogP contribution in [0.15, 0.2) is 30.5 Å². The minimum Gasteiger partial charge on any atom is -0.496 e. The predicted molar refractivity (Wildman–Crippen MR) is 105 cm³/mol. The van der Waals surface area contributed by atoms with E-state index in [4.69, 9.17) is 22.1 Å². The molecule has 7 nitrogen and oxygen atoms in total. The van der Waals surface area contributed by atoms with E-state index in [2.05, 4.69) is 14.9 Å². The number of nitrogens with zero attached hydrogens (tertiary/aromatic N) is 4. The van der Waals surface area contributed by atoms with Crippen LogP contribution in [-0.2, 0) is 17.8 Å². The van der Waals surface area contributed by atoms with E-state index >= 15 is 0 Å². The van der Waals surface area contributed by atoms with Crippen molar-refractivity contribution in [3.05, 3.63) is 46.9 Å². The minimum absolute atomic E-state index is 0.0756. The Morgan fingerprint density at radius 1 is 1.44 bits per heavy atom. The SMILES string of the molecule is COc1ccc(Cl)cc1CC(=O)N1CC[C@H](N(C)Cc2nccc(N)n2)C1. The molecule has 0 spiro atoms. The second-order valence-electron chi connectivity index (χ2n) is 6.73. The van der Waals surface area contributed by atoms with E-state index in [-0.39, 0.29) is 18.4 Å². The molecule has 1 atom stereocenters. The van der Waals surface area contributed by atoms with Crippen LogP contribution in [-0.4, -0.2) is 59.0 Å². The Labute approximate surface area is 164 Å². The molecule has 1 fully saturated rings. The fourth-order valence-electron chi connectivity index (χ4n) is 3.33. The second-order valence-corrected chi connectivity index (χ2v) is 7.16. The van der Waals surface area contributed by atoms with Crippen LogP contribution in [0.4, 0.5) is 5.82 Å². The molecule has 1 saturated heterocycles. The third-order valence-corrected chi connectivity index (χ3v) is 5.08. The lowest BCUT2D eigenvalue weighted by Crippen LogP contribution is -2.37. The molecule has 1 aliphatic rings. The normalized spacial score (nSPS) is 16.7. The number of aromatic nitrogens is 2. The van der Waals surface area contributed by atoms with Gasteiger partial charge in [0.15, 0.2) is 0 Å². The van der Waals surface area contributed by atoms with Crippen molar-refractivity contribution < 1.29 is 9.53 Å². The number of nitrogens with two attached hydrogens (primary N) is 1. The fourth-order valence-corrected chi connectivity index (χ4v) is 3.53. The number of hydrogen-bond donors (Lipinski definition) is 1. The largest absolute Gasteiger partial charge is 0.496 e. The molecule has 1 aromatic heterocycles. The van der Waals surface area contributed by atoms with Gasteiger partial charge in [-0.15, -0.1) is 0 Å². The number of carbonyl (C=O) groups excluding carboxylic acids is 1. The van der Waals surface area contributed by atoms with Crippen LogP contribution in [0, 0.1) is 0 Å². The van der Waals surface area contributed by atoms with Crippen LogP contribution in [0.5, 0.6) is 5.75 Å². The molecule has 0 aliphatic carbocycles. The van der Waals surface area contributed by atoms with Crippen LogP contribution < -0.4 is 10.5 Å². The Balaban J connectivity index is 1.58. The van der Waals surface area contributed by atoms with Gasteiger partial charge in [-0.2, -0.15) is 0 Å². The van der Waals surface area contributed by atoms with Crippen molar-refractivity contribution in [3.8, 4) is 5.75 Å². The standard InChI is InChI=1S/C19H24ClN5O2/c1-24(12-18-22-7-5-17(21)23-18)15-6-8-25(11-15)19(26)10-13-9-14(20)3-4-16(13)27-2/h3-5,7,9,15H,6,8,10-12H2,1-2H3,(H2,21,22,23)/t15-/m0/s1. The lowest BCUT2D eigenvalue weighted by molar-refractivity contribution is -0.129. The lowest BCUT2D eigenvalue weighted by atomic mass is 10.1. The van der Waals surface area contributed by atoms with Crippen molar-refractivity contribution in [1.82, 2.24) is 19.8 Å². The van der Waals surface area contributed by atoms with Gasteiger partial charge in [0.1, 0.15) is 17.4 Å². The number of nitrogen functional groups attached to an aromatic ring is 1. The van der Waals surface area contributed by atoms with Crippen molar-refractivity contribution in [1.29, 1.82) is 0 Å². The highest BCUT2D eigenvalue weighted by molar-refractivity contribution is 6.30. The van der Waals surface area contributed by atoms with E-state index in [0.29, 0.717) is 35.5 Å². The molecule has 1 aliphatic heterocycles. The van der Waals surface area contributed by atoms with Crippen molar-refractivity contribution in [2.24, 2.45) is 0 Å². The summed E-state index contributed by atoms with van der Waals surface area (Å²) in [6, 6.07) is 7.27. The van der Waals surface area contributed by atoms with E-state index in [0.717, 1.165) is 18.5 Å². The van der Waals surface area contributed by atoms with Gasteiger partial charge in [-0.05, 0) is 37.7 Å². The average molecular weight is 390 g/mol. The summed E-state index contributed by atoms with van der Waals surface area (Å²) in [5.74, 6) is 1.91. The Bertz CT molecular complexity index is 816. The molecule has 3 rings (SSSR count). The first-order valence-electron chi connectivity index (χ1n) is 8.84. The first kappa shape index (κ1) is 19.4. The first-order valence-corrected chi connectivity index (χ1v) is 9.22. The number of amides is 1. The fraction of sp³-hybridized carbons (Fsp3) is 0.421. The van der Waals surface area contributed by atoms with E-state index in [1.165, 1.54) is 0 Å². The number of rotatable bonds is 6. The molecule has 0 unspecified atom stereocenters. The van der Waals surface area contributed by atoms with Gasteiger partial charge in [0, 0.05) is 35.9 Å². The van der Waals surface area contributed by atoms with Gasteiger partial charge >= 0.3 is 0 Å². The first-order chi connectivity index (χ1) is 13.0. The Hall–Kier alpha value is -2.38. The molecular formula is C19H24ClN5O2. The highest BCUT2D eigenvalue weighted by atomic mass is 35.5. The van der Waals surface area contributed by atoms with E-state index in [1.54, 1.807) is 37.6 Å².